The summed E-state index contributed by atoms with van der Waals surface area (Å²) < 4.78 is 0. The van der Waals surface area contributed by atoms with E-state index in [0.29, 0.717) is 6.54 Å². The standard InChI is InChI=1S/C15H25NO/c1-10-7-11(2)13(4)15(12(10)3)6-5-14(8-16)9-17/h7,14,17H,5-6,8-9,16H2,1-4H3. The number of nitrogens with two attached hydrogens (primary N) is 1. The first-order valence-corrected chi connectivity index (χ1v) is 6.38. The highest BCUT2D eigenvalue weighted by molar-refractivity contribution is 5.44. The first kappa shape index (κ1) is 14.2. The molecule has 0 saturated heterocycles. The van der Waals surface area contributed by atoms with Gasteiger partial charge in [0.05, 0.1) is 0 Å². The molecule has 0 bridgehead atoms. The second-order valence-corrected chi connectivity index (χ2v) is 5.06. The SMILES string of the molecule is Cc1cc(C)c(C)c(CCC(CN)CO)c1C. The second-order valence-electron chi connectivity index (χ2n) is 5.06. The lowest BCUT2D eigenvalue weighted by molar-refractivity contribution is 0.223. The minimum atomic E-state index is 0.194. The summed E-state index contributed by atoms with van der Waals surface area (Å²) in [5.41, 5.74) is 12.6. The summed E-state index contributed by atoms with van der Waals surface area (Å²) in [7, 11) is 0. The molecule has 2 nitrogen and oxygen atoms in total. The van der Waals surface area contributed by atoms with Crippen LogP contribution < -0.4 is 5.73 Å². The molecule has 0 aliphatic heterocycles. The van der Waals surface area contributed by atoms with Gasteiger partial charge in [-0.3, -0.25) is 0 Å². The Hall–Kier alpha value is -0.860. The molecule has 0 radical (unpaired) electrons. The lowest BCUT2D eigenvalue weighted by Crippen LogP contribution is -2.19. The zero-order valence-electron chi connectivity index (χ0n) is 11.5. The van der Waals surface area contributed by atoms with Crippen molar-refractivity contribution < 1.29 is 5.11 Å². The Bertz CT molecular complexity index is 355. The molecule has 0 heterocycles. The largest absolute Gasteiger partial charge is 0.396 e. The van der Waals surface area contributed by atoms with Crippen molar-refractivity contribution in [2.75, 3.05) is 13.2 Å². The second kappa shape index (κ2) is 6.18. The van der Waals surface area contributed by atoms with E-state index in [1.54, 1.807) is 0 Å². The summed E-state index contributed by atoms with van der Waals surface area (Å²) >= 11 is 0. The predicted molar refractivity (Wildman–Crippen MR) is 73.3 cm³/mol. The van der Waals surface area contributed by atoms with Crippen molar-refractivity contribution in [2.45, 2.75) is 40.5 Å². The summed E-state index contributed by atoms with van der Waals surface area (Å²) in [5.74, 6) is 0.231. The van der Waals surface area contributed by atoms with Crippen LogP contribution >= 0.6 is 0 Å². The molecule has 17 heavy (non-hydrogen) atoms. The Morgan fingerprint density at radius 3 is 2.06 bits per heavy atom. The molecule has 1 unspecified atom stereocenters. The molecule has 1 aromatic carbocycles. The van der Waals surface area contributed by atoms with E-state index in [0.717, 1.165) is 12.8 Å². The maximum atomic E-state index is 9.17. The molecular weight excluding hydrogens is 210 g/mol. The highest BCUT2D eigenvalue weighted by Gasteiger charge is 2.11. The van der Waals surface area contributed by atoms with E-state index in [1.165, 1.54) is 27.8 Å². The Balaban J connectivity index is 2.90. The van der Waals surface area contributed by atoms with Crippen molar-refractivity contribution in [2.24, 2.45) is 11.7 Å². The van der Waals surface area contributed by atoms with E-state index < -0.39 is 0 Å². The summed E-state index contributed by atoms with van der Waals surface area (Å²) in [6.07, 6.45) is 1.99. The van der Waals surface area contributed by atoms with Crippen molar-refractivity contribution >= 4 is 0 Å². The van der Waals surface area contributed by atoms with E-state index in [-0.39, 0.29) is 12.5 Å². The Kier molecular flexibility index (Phi) is 5.16. The average Bonchev–Trinajstić information content (AvgIpc) is 2.31. The molecule has 0 aliphatic rings. The molecule has 2 heteroatoms. The van der Waals surface area contributed by atoms with Crippen molar-refractivity contribution in [1.29, 1.82) is 0 Å². The molecule has 1 atom stereocenters. The van der Waals surface area contributed by atoms with E-state index >= 15 is 0 Å². The van der Waals surface area contributed by atoms with Gasteiger partial charge in [-0.1, -0.05) is 6.07 Å². The molecule has 1 rings (SSSR count). The number of benzene rings is 1. The maximum Gasteiger partial charge on any atom is 0.0471 e. The number of aryl methyl sites for hydroxylation is 2. The average molecular weight is 235 g/mol. The zero-order chi connectivity index (χ0) is 13.0. The van der Waals surface area contributed by atoms with Gasteiger partial charge in [-0.15, -0.1) is 0 Å². The Morgan fingerprint density at radius 2 is 1.65 bits per heavy atom. The highest BCUT2D eigenvalue weighted by atomic mass is 16.3. The van der Waals surface area contributed by atoms with E-state index in [1.807, 2.05) is 0 Å². The molecule has 0 amide bonds. The molecular formula is C15H25NO. The van der Waals surface area contributed by atoms with Crippen LogP contribution in [0.1, 0.15) is 34.2 Å². The lowest BCUT2D eigenvalue weighted by Gasteiger charge is -2.17. The van der Waals surface area contributed by atoms with Crippen LogP contribution in [-0.4, -0.2) is 18.3 Å². The van der Waals surface area contributed by atoms with Crippen molar-refractivity contribution in [3.05, 3.63) is 33.9 Å². The van der Waals surface area contributed by atoms with E-state index in [9.17, 15) is 5.11 Å². The van der Waals surface area contributed by atoms with Crippen molar-refractivity contribution in [1.82, 2.24) is 0 Å². The van der Waals surface area contributed by atoms with Gasteiger partial charge in [0.1, 0.15) is 0 Å². The van der Waals surface area contributed by atoms with Crippen LogP contribution in [0.4, 0.5) is 0 Å². The van der Waals surface area contributed by atoms with Crippen LogP contribution in [0.5, 0.6) is 0 Å². The van der Waals surface area contributed by atoms with Crippen molar-refractivity contribution in [3.8, 4) is 0 Å². The third-order valence-electron chi connectivity index (χ3n) is 3.92. The highest BCUT2D eigenvalue weighted by Crippen LogP contribution is 2.23. The molecule has 96 valence electrons. The smallest absolute Gasteiger partial charge is 0.0471 e. The lowest BCUT2D eigenvalue weighted by atomic mass is 9.89. The zero-order valence-corrected chi connectivity index (χ0v) is 11.5. The van der Waals surface area contributed by atoms with Gasteiger partial charge in [-0.2, -0.15) is 0 Å². The fourth-order valence-corrected chi connectivity index (χ4v) is 2.31. The number of aliphatic hydroxyl groups excluding tert-OH is 1. The van der Waals surface area contributed by atoms with Gasteiger partial charge in [0.25, 0.3) is 0 Å². The number of aliphatic hydroxyl groups is 1. The van der Waals surface area contributed by atoms with Gasteiger partial charge in [-0.05, 0) is 80.8 Å². The molecule has 0 saturated carbocycles. The number of hydrogen-bond acceptors (Lipinski definition) is 2. The van der Waals surface area contributed by atoms with E-state index in [2.05, 4.69) is 33.8 Å². The Morgan fingerprint density at radius 1 is 1.12 bits per heavy atom. The predicted octanol–water partition coefficient (Wildman–Crippen LogP) is 2.42. The minimum Gasteiger partial charge on any atom is -0.396 e. The molecule has 0 aromatic heterocycles. The topological polar surface area (TPSA) is 46.2 Å². The van der Waals surface area contributed by atoms with Crippen LogP contribution in [-0.2, 0) is 6.42 Å². The molecule has 1 aromatic rings. The normalized spacial score (nSPS) is 12.8. The maximum absolute atomic E-state index is 9.17. The quantitative estimate of drug-likeness (QED) is 0.823. The van der Waals surface area contributed by atoms with Crippen molar-refractivity contribution in [3.63, 3.8) is 0 Å². The Labute approximate surface area is 105 Å². The first-order chi connectivity index (χ1) is 8.01. The molecule has 0 fully saturated rings. The van der Waals surface area contributed by atoms with Crippen LogP contribution in [0.25, 0.3) is 0 Å². The third-order valence-corrected chi connectivity index (χ3v) is 3.92. The van der Waals surface area contributed by atoms with Gasteiger partial charge in [-0.25, -0.2) is 0 Å². The molecule has 3 N–H and O–H groups in total. The molecule has 0 aliphatic carbocycles. The number of hydrogen-bond donors (Lipinski definition) is 2. The number of rotatable bonds is 5. The van der Waals surface area contributed by atoms with Crippen LogP contribution in [0, 0.1) is 33.6 Å². The van der Waals surface area contributed by atoms with Crippen LogP contribution in [0.3, 0.4) is 0 Å². The van der Waals surface area contributed by atoms with Gasteiger partial charge in [0.15, 0.2) is 0 Å². The van der Waals surface area contributed by atoms with Gasteiger partial charge in [0.2, 0.25) is 0 Å². The van der Waals surface area contributed by atoms with Gasteiger partial charge >= 0.3 is 0 Å². The summed E-state index contributed by atoms with van der Waals surface area (Å²) in [6, 6.07) is 2.25. The molecule has 0 spiro atoms. The summed E-state index contributed by atoms with van der Waals surface area (Å²) in [6.45, 7) is 9.47. The fourth-order valence-electron chi connectivity index (χ4n) is 2.31. The van der Waals surface area contributed by atoms with E-state index in [4.69, 9.17) is 5.73 Å². The van der Waals surface area contributed by atoms with Crippen LogP contribution in [0.2, 0.25) is 0 Å². The van der Waals surface area contributed by atoms with Gasteiger partial charge in [0, 0.05) is 6.61 Å². The monoisotopic (exact) mass is 235 g/mol. The van der Waals surface area contributed by atoms with Gasteiger partial charge < -0.3 is 10.8 Å². The first-order valence-electron chi connectivity index (χ1n) is 6.38. The van der Waals surface area contributed by atoms with Crippen LogP contribution in [0.15, 0.2) is 6.07 Å². The third kappa shape index (κ3) is 3.30. The fraction of sp³-hybridized carbons (Fsp3) is 0.600. The summed E-state index contributed by atoms with van der Waals surface area (Å²) in [5, 5.41) is 9.17. The minimum absolute atomic E-state index is 0.194. The summed E-state index contributed by atoms with van der Waals surface area (Å²) in [4.78, 5) is 0.